The average molecular weight is 381 g/mol. The Morgan fingerprint density at radius 1 is 1.29 bits per heavy atom. The third-order valence-electron chi connectivity index (χ3n) is 4.82. The Morgan fingerprint density at radius 2 is 2.11 bits per heavy atom. The van der Waals surface area contributed by atoms with Gasteiger partial charge in [-0.1, -0.05) is 12.0 Å². The van der Waals surface area contributed by atoms with Crippen molar-refractivity contribution in [2.24, 2.45) is 0 Å². The van der Waals surface area contributed by atoms with Gasteiger partial charge in [-0.3, -0.25) is 0 Å². The average Bonchev–Trinajstić information content (AvgIpc) is 3.17. The monoisotopic (exact) mass is 381 g/mol. The number of hydrogen-bond acceptors (Lipinski definition) is 8. The zero-order chi connectivity index (χ0) is 19.9. The Morgan fingerprint density at radius 3 is 2.79 bits per heavy atom. The molecule has 0 aromatic carbocycles. The summed E-state index contributed by atoms with van der Waals surface area (Å²) in [5, 5.41) is 31.0. The van der Waals surface area contributed by atoms with E-state index < -0.39 is 30.6 Å². The number of aliphatic hydroxyl groups is 3. The van der Waals surface area contributed by atoms with Gasteiger partial charge >= 0.3 is 0 Å². The summed E-state index contributed by atoms with van der Waals surface area (Å²) >= 11 is 0. The van der Waals surface area contributed by atoms with Crippen LogP contribution in [0.2, 0.25) is 0 Å². The van der Waals surface area contributed by atoms with Gasteiger partial charge in [-0.25, -0.2) is 15.0 Å². The summed E-state index contributed by atoms with van der Waals surface area (Å²) < 4.78 is 7.25. The van der Waals surface area contributed by atoms with Crippen molar-refractivity contribution >= 4 is 16.9 Å². The maximum atomic E-state index is 10.8. The van der Waals surface area contributed by atoms with Crippen molar-refractivity contribution in [3.05, 3.63) is 48.2 Å². The summed E-state index contributed by atoms with van der Waals surface area (Å²) in [6, 6.07) is 5.40. The van der Waals surface area contributed by atoms with Gasteiger partial charge in [0.05, 0.1) is 17.6 Å². The molecule has 144 valence electrons. The zero-order valence-electron chi connectivity index (χ0n) is 15.0. The maximum absolute atomic E-state index is 10.8. The van der Waals surface area contributed by atoms with E-state index in [-0.39, 0.29) is 5.82 Å². The minimum atomic E-state index is -1.66. The highest BCUT2D eigenvalue weighted by atomic mass is 16.6. The first kappa shape index (κ1) is 18.3. The summed E-state index contributed by atoms with van der Waals surface area (Å²) in [5.74, 6) is 6.19. The van der Waals surface area contributed by atoms with E-state index in [1.807, 2.05) is 6.07 Å². The Balaban J connectivity index is 1.85. The number of nitrogen functional groups attached to an aromatic ring is 1. The standard InChI is InChI=1S/C19H19N5O4/c1-19(27)15(26)13(9-25)28-18(19)24-8-11(5-6-12-4-2-3-7-21-12)14-16(20)22-10-23-17(14)24/h2-4,7-8,10,13,15,18,25-27H,9H2,1H3,(H2,20,22,23)/t13?,15-,18?,19+/m1/s1. The van der Waals surface area contributed by atoms with E-state index in [4.69, 9.17) is 10.5 Å². The topological polar surface area (TPSA) is 140 Å². The normalized spacial score (nSPS) is 26.9. The van der Waals surface area contributed by atoms with Crippen LogP contribution in [-0.2, 0) is 4.74 Å². The molecular formula is C19H19N5O4. The largest absolute Gasteiger partial charge is 0.394 e. The molecule has 2 unspecified atom stereocenters. The molecule has 1 fully saturated rings. The lowest BCUT2D eigenvalue weighted by Gasteiger charge is -2.27. The minimum Gasteiger partial charge on any atom is -0.394 e. The Kier molecular flexibility index (Phi) is 4.49. The number of aromatic nitrogens is 4. The van der Waals surface area contributed by atoms with Crippen LogP contribution in [-0.4, -0.2) is 59.3 Å². The van der Waals surface area contributed by atoms with E-state index in [0.29, 0.717) is 22.3 Å². The summed E-state index contributed by atoms with van der Waals surface area (Å²) in [6.45, 7) is 1.00. The predicted octanol–water partition coefficient (Wildman–Crippen LogP) is -0.190. The third-order valence-corrected chi connectivity index (χ3v) is 4.82. The molecule has 0 radical (unpaired) electrons. The molecule has 0 saturated carbocycles. The fourth-order valence-corrected chi connectivity index (χ4v) is 3.34. The smallest absolute Gasteiger partial charge is 0.167 e. The van der Waals surface area contributed by atoms with Crippen molar-refractivity contribution in [1.29, 1.82) is 0 Å². The van der Waals surface area contributed by atoms with Crippen molar-refractivity contribution in [3.63, 3.8) is 0 Å². The van der Waals surface area contributed by atoms with E-state index >= 15 is 0 Å². The van der Waals surface area contributed by atoms with Crippen molar-refractivity contribution < 1.29 is 20.1 Å². The van der Waals surface area contributed by atoms with Gasteiger partial charge in [0.15, 0.2) is 6.23 Å². The first-order valence-electron chi connectivity index (χ1n) is 8.64. The molecule has 1 aliphatic heterocycles. The molecule has 9 nitrogen and oxygen atoms in total. The van der Waals surface area contributed by atoms with Crippen LogP contribution in [0, 0.1) is 11.8 Å². The lowest BCUT2D eigenvalue weighted by molar-refractivity contribution is -0.0948. The second kappa shape index (κ2) is 6.85. The molecule has 0 bridgehead atoms. The quantitative estimate of drug-likeness (QED) is 0.448. The van der Waals surface area contributed by atoms with E-state index in [9.17, 15) is 15.3 Å². The highest BCUT2D eigenvalue weighted by Gasteiger charge is 2.53. The molecule has 0 aliphatic carbocycles. The molecule has 0 spiro atoms. The van der Waals surface area contributed by atoms with E-state index in [1.54, 1.807) is 29.1 Å². The predicted molar refractivity (Wildman–Crippen MR) is 99.8 cm³/mol. The summed E-state index contributed by atoms with van der Waals surface area (Å²) in [5.41, 5.74) is 5.89. The lowest BCUT2D eigenvalue weighted by atomic mass is 9.96. The highest BCUT2D eigenvalue weighted by Crippen LogP contribution is 2.40. The van der Waals surface area contributed by atoms with Gasteiger partial charge in [-0.05, 0) is 25.0 Å². The summed E-state index contributed by atoms with van der Waals surface area (Å²) in [7, 11) is 0. The fourth-order valence-electron chi connectivity index (χ4n) is 3.34. The molecule has 1 saturated heterocycles. The van der Waals surface area contributed by atoms with Crippen LogP contribution >= 0.6 is 0 Å². The van der Waals surface area contributed by atoms with Gasteiger partial charge < -0.3 is 30.4 Å². The maximum Gasteiger partial charge on any atom is 0.167 e. The number of rotatable bonds is 2. The van der Waals surface area contributed by atoms with Crippen LogP contribution < -0.4 is 5.73 Å². The second-order valence-corrected chi connectivity index (χ2v) is 6.75. The second-order valence-electron chi connectivity index (χ2n) is 6.75. The van der Waals surface area contributed by atoms with E-state index in [1.165, 1.54) is 13.3 Å². The van der Waals surface area contributed by atoms with Crippen LogP contribution in [0.25, 0.3) is 11.0 Å². The fraction of sp³-hybridized carbons (Fsp3) is 0.316. The first-order chi connectivity index (χ1) is 13.4. The third kappa shape index (κ3) is 2.89. The molecule has 28 heavy (non-hydrogen) atoms. The first-order valence-corrected chi connectivity index (χ1v) is 8.64. The number of nitrogens with two attached hydrogens (primary N) is 1. The van der Waals surface area contributed by atoms with Crippen LogP contribution in [0.1, 0.15) is 24.4 Å². The van der Waals surface area contributed by atoms with Gasteiger partial charge in [-0.2, -0.15) is 0 Å². The summed E-state index contributed by atoms with van der Waals surface area (Å²) in [6.07, 6.45) is 1.37. The van der Waals surface area contributed by atoms with Gasteiger partial charge in [-0.15, -0.1) is 0 Å². The van der Waals surface area contributed by atoms with Crippen LogP contribution in [0.15, 0.2) is 36.9 Å². The van der Waals surface area contributed by atoms with Crippen molar-refractivity contribution in [2.45, 2.75) is 31.0 Å². The molecule has 4 rings (SSSR count). The number of anilines is 1. The zero-order valence-corrected chi connectivity index (χ0v) is 15.0. The number of aliphatic hydroxyl groups excluding tert-OH is 2. The number of ether oxygens (including phenoxy) is 1. The molecule has 4 atom stereocenters. The van der Waals surface area contributed by atoms with Crippen LogP contribution in [0.4, 0.5) is 5.82 Å². The summed E-state index contributed by atoms with van der Waals surface area (Å²) in [4.78, 5) is 12.4. The van der Waals surface area contributed by atoms with Gasteiger partial charge in [0.25, 0.3) is 0 Å². The molecule has 4 heterocycles. The SMILES string of the molecule is C[C@@]1(O)C(n2cc(C#Cc3ccccn3)c3c(N)ncnc32)OC(CO)[C@H]1O. The van der Waals surface area contributed by atoms with Gasteiger partial charge in [0.1, 0.15) is 41.3 Å². The van der Waals surface area contributed by atoms with Crippen LogP contribution in [0.5, 0.6) is 0 Å². The molecule has 9 heteroatoms. The molecule has 3 aromatic rings. The molecule has 5 N–H and O–H groups in total. The Hall–Kier alpha value is -3.03. The minimum absolute atomic E-state index is 0.228. The van der Waals surface area contributed by atoms with Gasteiger partial charge in [0, 0.05) is 12.4 Å². The molecule has 3 aromatic heterocycles. The molecular weight excluding hydrogens is 362 g/mol. The Labute approximate surface area is 160 Å². The van der Waals surface area contributed by atoms with E-state index in [0.717, 1.165) is 0 Å². The number of hydrogen-bond donors (Lipinski definition) is 4. The van der Waals surface area contributed by atoms with Crippen molar-refractivity contribution in [1.82, 2.24) is 19.5 Å². The van der Waals surface area contributed by atoms with Gasteiger partial charge in [0.2, 0.25) is 0 Å². The number of fused-ring (bicyclic) bond motifs is 1. The lowest BCUT2D eigenvalue weighted by Crippen LogP contribution is -2.44. The highest BCUT2D eigenvalue weighted by molar-refractivity contribution is 5.92. The number of nitrogens with zero attached hydrogens (tertiary/aromatic N) is 4. The molecule has 1 aliphatic rings. The van der Waals surface area contributed by atoms with E-state index in [2.05, 4.69) is 26.8 Å². The molecule has 0 amide bonds. The Bertz CT molecular complexity index is 1070. The number of pyridine rings is 1. The van der Waals surface area contributed by atoms with Crippen LogP contribution in [0.3, 0.4) is 0 Å². The van der Waals surface area contributed by atoms with Crippen molar-refractivity contribution in [3.8, 4) is 11.8 Å². The van der Waals surface area contributed by atoms with Crippen molar-refractivity contribution in [2.75, 3.05) is 12.3 Å².